The Morgan fingerprint density at radius 1 is 1.02 bits per heavy atom. The number of amides is 2. The summed E-state index contributed by atoms with van der Waals surface area (Å²) in [5.74, 6) is 0.130. The largest absolute Gasteiger partial charge is 0.489 e. The molecule has 2 unspecified atom stereocenters. The zero-order valence-electron chi connectivity index (χ0n) is 22.6. The highest BCUT2D eigenvalue weighted by atomic mass is 35.5. The van der Waals surface area contributed by atoms with Gasteiger partial charge in [-0.05, 0) is 53.9 Å². The first-order valence-electron chi connectivity index (χ1n) is 13.1. The number of ether oxygens (including phenoxy) is 4. The van der Waals surface area contributed by atoms with E-state index < -0.39 is 24.2 Å². The molecule has 1 aliphatic rings. The monoisotopic (exact) mass is 600 g/mol. The second kappa shape index (κ2) is 14.1. The lowest BCUT2D eigenvalue weighted by Gasteiger charge is -2.27. The molecule has 1 heterocycles. The van der Waals surface area contributed by atoms with Gasteiger partial charge in [0.05, 0.1) is 29.4 Å². The molecule has 0 saturated heterocycles. The van der Waals surface area contributed by atoms with E-state index in [9.17, 15) is 14.4 Å². The summed E-state index contributed by atoms with van der Waals surface area (Å²) in [4.78, 5) is 37.3. The molecular weight excluding hydrogens is 571 g/mol. The molecule has 0 spiro atoms. The zero-order valence-corrected chi connectivity index (χ0v) is 24.1. The van der Waals surface area contributed by atoms with Gasteiger partial charge in [0.25, 0.3) is 5.91 Å². The van der Waals surface area contributed by atoms with Crippen molar-refractivity contribution in [2.24, 2.45) is 0 Å². The van der Waals surface area contributed by atoms with Crippen molar-refractivity contribution >= 4 is 46.9 Å². The predicted octanol–water partition coefficient (Wildman–Crippen LogP) is 6.26. The topological polar surface area (TPSA) is 112 Å². The molecule has 2 atom stereocenters. The first kappa shape index (κ1) is 30.0. The number of carbonyl (C=O) groups excluding carboxylic acids is 3. The SMILES string of the molecule is CCCCOC(=O)NC(Cc1ccc2c(c1)NC(=O)C(c1ccc(OCc3ccc(Cl)c(Cl)c3)cc1)O2)C(=O)OC. The van der Waals surface area contributed by atoms with Crippen LogP contribution in [0.5, 0.6) is 11.5 Å². The van der Waals surface area contributed by atoms with Gasteiger partial charge in [0.15, 0.2) is 0 Å². The molecule has 0 fully saturated rings. The van der Waals surface area contributed by atoms with Crippen molar-refractivity contribution in [2.45, 2.75) is 44.9 Å². The van der Waals surface area contributed by atoms with Gasteiger partial charge < -0.3 is 29.6 Å². The molecule has 11 heteroatoms. The highest BCUT2D eigenvalue weighted by Crippen LogP contribution is 2.36. The van der Waals surface area contributed by atoms with Crippen LogP contribution >= 0.6 is 23.2 Å². The van der Waals surface area contributed by atoms with Crippen molar-refractivity contribution in [2.75, 3.05) is 19.0 Å². The lowest BCUT2D eigenvalue weighted by Crippen LogP contribution is -2.43. The molecule has 9 nitrogen and oxygen atoms in total. The fourth-order valence-corrected chi connectivity index (χ4v) is 4.42. The van der Waals surface area contributed by atoms with E-state index in [1.54, 1.807) is 54.6 Å². The Balaban J connectivity index is 1.38. The number of alkyl carbamates (subject to hydrolysis) is 1. The van der Waals surface area contributed by atoms with Crippen molar-refractivity contribution in [3.63, 3.8) is 0 Å². The molecule has 0 aromatic heterocycles. The van der Waals surface area contributed by atoms with Gasteiger partial charge in [0.2, 0.25) is 6.10 Å². The van der Waals surface area contributed by atoms with Gasteiger partial charge in [-0.1, -0.05) is 60.8 Å². The summed E-state index contributed by atoms with van der Waals surface area (Å²) >= 11 is 12.0. The Kier molecular flexibility index (Phi) is 10.3. The van der Waals surface area contributed by atoms with E-state index >= 15 is 0 Å². The van der Waals surface area contributed by atoms with E-state index in [4.69, 9.17) is 42.1 Å². The number of unbranched alkanes of at least 4 members (excludes halogenated alkanes) is 1. The molecule has 0 aliphatic carbocycles. The highest BCUT2D eigenvalue weighted by molar-refractivity contribution is 6.42. The summed E-state index contributed by atoms with van der Waals surface area (Å²) in [6.07, 6.45) is 0.168. The maximum atomic E-state index is 12.9. The molecule has 0 saturated carbocycles. The van der Waals surface area contributed by atoms with Gasteiger partial charge in [-0.2, -0.15) is 0 Å². The molecule has 0 radical (unpaired) electrons. The van der Waals surface area contributed by atoms with E-state index in [1.807, 2.05) is 13.0 Å². The number of methoxy groups -OCH3 is 1. The fourth-order valence-electron chi connectivity index (χ4n) is 4.10. The number of anilines is 1. The standard InChI is InChI=1S/C30H30Cl2N2O7/c1-3-4-13-39-30(37)34-25(29(36)38-2)16-18-6-12-26-24(15-18)33-28(35)27(41-26)20-7-9-21(10-8-20)40-17-19-5-11-22(31)23(32)14-19/h5-12,14-15,25,27H,3-4,13,16-17H2,1-2H3,(H,33,35)(H,34,37). The smallest absolute Gasteiger partial charge is 0.407 e. The predicted molar refractivity (Wildman–Crippen MR) is 155 cm³/mol. The van der Waals surface area contributed by atoms with Gasteiger partial charge in [0, 0.05) is 12.0 Å². The molecule has 3 aromatic carbocycles. The number of carbonyl (C=O) groups is 3. The van der Waals surface area contributed by atoms with Gasteiger partial charge in [0.1, 0.15) is 24.1 Å². The average Bonchev–Trinajstić information content (AvgIpc) is 2.97. The number of fused-ring (bicyclic) bond motifs is 1. The third-order valence-corrected chi connectivity index (χ3v) is 7.04. The van der Waals surface area contributed by atoms with E-state index in [1.165, 1.54) is 7.11 Å². The number of hydrogen-bond donors (Lipinski definition) is 2. The van der Waals surface area contributed by atoms with Crippen LogP contribution in [0.25, 0.3) is 0 Å². The first-order chi connectivity index (χ1) is 19.8. The second-order valence-electron chi connectivity index (χ2n) is 9.34. The average molecular weight is 601 g/mol. The van der Waals surface area contributed by atoms with Gasteiger partial charge in [-0.25, -0.2) is 9.59 Å². The van der Waals surface area contributed by atoms with Gasteiger partial charge in [-0.15, -0.1) is 0 Å². The molecule has 0 bridgehead atoms. The quantitative estimate of drug-likeness (QED) is 0.197. The van der Waals surface area contributed by atoms with Crippen LogP contribution in [-0.2, 0) is 32.1 Å². The Hall–Kier alpha value is -3.95. The van der Waals surface area contributed by atoms with Gasteiger partial charge >= 0.3 is 12.1 Å². The molecule has 3 aromatic rings. The van der Waals surface area contributed by atoms with Crippen molar-refractivity contribution in [3.05, 3.63) is 87.4 Å². The lowest BCUT2D eigenvalue weighted by atomic mass is 10.0. The Morgan fingerprint density at radius 3 is 2.49 bits per heavy atom. The van der Waals surface area contributed by atoms with Crippen molar-refractivity contribution in [1.29, 1.82) is 0 Å². The zero-order chi connectivity index (χ0) is 29.4. The Bertz CT molecular complexity index is 1400. The highest BCUT2D eigenvalue weighted by Gasteiger charge is 2.30. The second-order valence-corrected chi connectivity index (χ2v) is 10.2. The minimum absolute atomic E-state index is 0.131. The molecular formula is C30H30Cl2N2O7. The maximum Gasteiger partial charge on any atom is 0.407 e. The number of benzene rings is 3. The van der Waals surface area contributed by atoms with Crippen LogP contribution in [0.15, 0.2) is 60.7 Å². The van der Waals surface area contributed by atoms with E-state index in [0.717, 1.165) is 18.4 Å². The number of halogens is 2. The summed E-state index contributed by atoms with van der Waals surface area (Å²) in [7, 11) is 1.24. The first-order valence-corrected chi connectivity index (χ1v) is 13.8. The van der Waals surface area contributed by atoms with Crippen molar-refractivity contribution in [1.82, 2.24) is 5.32 Å². The van der Waals surface area contributed by atoms with Crippen LogP contribution in [0.3, 0.4) is 0 Å². The van der Waals surface area contributed by atoms with E-state index in [0.29, 0.717) is 45.0 Å². The van der Waals surface area contributed by atoms with Crippen LogP contribution in [0, 0.1) is 0 Å². The van der Waals surface area contributed by atoms with Crippen molar-refractivity contribution in [3.8, 4) is 11.5 Å². The summed E-state index contributed by atoms with van der Waals surface area (Å²) < 4.78 is 21.8. The Morgan fingerprint density at radius 2 is 1.78 bits per heavy atom. The molecule has 1 aliphatic heterocycles. The fraction of sp³-hybridized carbons (Fsp3) is 0.300. The van der Waals surface area contributed by atoms with Crippen LogP contribution in [0.2, 0.25) is 10.0 Å². The summed E-state index contributed by atoms with van der Waals surface area (Å²) in [6.45, 7) is 2.54. The number of nitrogens with one attached hydrogen (secondary N) is 2. The van der Waals surface area contributed by atoms with Crippen LogP contribution in [-0.4, -0.2) is 37.7 Å². The number of rotatable bonds is 11. The summed E-state index contributed by atoms with van der Waals surface area (Å²) in [5, 5.41) is 6.34. The molecule has 4 rings (SSSR count). The summed E-state index contributed by atoms with van der Waals surface area (Å²) in [5.41, 5.74) is 2.66. The van der Waals surface area contributed by atoms with Crippen molar-refractivity contribution < 1.29 is 33.3 Å². The maximum absolute atomic E-state index is 12.9. The third-order valence-electron chi connectivity index (χ3n) is 6.31. The third kappa shape index (κ3) is 8.05. The van der Waals surface area contributed by atoms with Crippen LogP contribution in [0.4, 0.5) is 10.5 Å². The minimum atomic E-state index is -0.961. The van der Waals surface area contributed by atoms with Gasteiger partial charge in [-0.3, -0.25) is 4.79 Å². The number of esters is 1. The molecule has 216 valence electrons. The lowest BCUT2D eigenvalue weighted by molar-refractivity contribution is -0.143. The Labute approximate surface area is 248 Å². The minimum Gasteiger partial charge on any atom is -0.489 e. The number of hydrogen-bond acceptors (Lipinski definition) is 7. The summed E-state index contributed by atoms with van der Waals surface area (Å²) in [6, 6.07) is 16.5. The molecule has 2 amide bonds. The van der Waals surface area contributed by atoms with Crippen LogP contribution in [0.1, 0.15) is 42.6 Å². The van der Waals surface area contributed by atoms with Crippen LogP contribution < -0.4 is 20.1 Å². The normalized spacial score (nSPS) is 14.6. The van der Waals surface area contributed by atoms with E-state index in [2.05, 4.69) is 10.6 Å². The van der Waals surface area contributed by atoms with E-state index in [-0.39, 0.29) is 18.9 Å². The molecule has 41 heavy (non-hydrogen) atoms. The molecule has 2 N–H and O–H groups in total.